The van der Waals surface area contributed by atoms with Crippen LogP contribution < -0.4 is 4.72 Å². The highest BCUT2D eigenvalue weighted by molar-refractivity contribution is 7.92. The van der Waals surface area contributed by atoms with Gasteiger partial charge in [-0.25, -0.2) is 13.2 Å². The normalized spacial score (nSPS) is 11.8. The fourth-order valence-electron chi connectivity index (χ4n) is 2.70. The molecule has 0 aliphatic rings. The number of sulfonamides is 1. The number of carboxylic acids is 1. The Morgan fingerprint density at radius 1 is 1.12 bits per heavy atom. The van der Waals surface area contributed by atoms with E-state index < -0.39 is 16.0 Å². The van der Waals surface area contributed by atoms with Crippen molar-refractivity contribution in [1.82, 2.24) is 4.98 Å². The zero-order chi connectivity index (χ0) is 18.2. The average Bonchev–Trinajstić information content (AvgIpc) is 3.01. The number of rotatable bonds is 5. The van der Waals surface area contributed by atoms with E-state index in [0.29, 0.717) is 11.3 Å². The lowest BCUT2D eigenvalue weighted by Crippen LogP contribution is -2.16. The van der Waals surface area contributed by atoms with E-state index in [1.54, 1.807) is 30.5 Å². The van der Waals surface area contributed by atoms with Gasteiger partial charge in [-0.15, -0.1) is 0 Å². The summed E-state index contributed by atoms with van der Waals surface area (Å²) < 4.78 is 28.3. The van der Waals surface area contributed by atoms with Gasteiger partial charge in [-0.1, -0.05) is 19.9 Å². The number of H-pyrrole nitrogens is 1. The molecule has 0 fully saturated rings. The molecule has 6 nitrogen and oxygen atoms in total. The minimum atomic E-state index is -3.92. The topological polar surface area (TPSA) is 99.3 Å². The number of aromatic amines is 1. The van der Waals surface area contributed by atoms with E-state index in [0.717, 1.165) is 10.9 Å². The SMILES string of the molecule is CC(C)c1ccc(C(=O)O)cc1S(=O)(=O)Nc1ccc2[nH]ccc2c1. The first kappa shape index (κ1) is 17.0. The standard InChI is InChI=1S/C18H18N2O4S/c1-11(2)15-5-3-13(18(21)22)10-17(15)25(23,24)20-14-4-6-16-12(9-14)7-8-19-16/h3-11,19-20H,1-2H3,(H,21,22). The lowest BCUT2D eigenvalue weighted by Gasteiger charge is -2.15. The molecule has 3 rings (SSSR count). The molecule has 0 atom stereocenters. The number of hydrogen-bond acceptors (Lipinski definition) is 3. The molecular weight excluding hydrogens is 340 g/mol. The van der Waals surface area contributed by atoms with Gasteiger partial charge in [0.15, 0.2) is 0 Å². The van der Waals surface area contributed by atoms with Gasteiger partial charge in [-0.3, -0.25) is 4.72 Å². The van der Waals surface area contributed by atoms with Crippen molar-refractivity contribution < 1.29 is 18.3 Å². The van der Waals surface area contributed by atoms with E-state index >= 15 is 0 Å². The quantitative estimate of drug-likeness (QED) is 0.646. The lowest BCUT2D eigenvalue weighted by atomic mass is 10.0. The zero-order valence-electron chi connectivity index (χ0n) is 13.8. The second-order valence-corrected chi connectivity index (χ2v) is 7.75. The molecule has 0 aliphatic carbocycles. The van der Waals surface area contributed by atoms with Crippen LogP contribution in [0.25, 0.3) is 10.9 Å². The van der Waals surface area contributed by atoms with E-state index in [9.17, 15) is 18.3 Å². The second-order valence-electron chi connectivity index (χ2n) is 6.10. The molecule has 2 aromatic carbocycles. The molecular formula is C18H18N2O4S. The smallest absolute Gasteiger partial charge is 0.335 e. The molecule has 0 aliphatic heterocycles. The Hall–Kier alpha value is -2.80. The van der Waals surface area contributed by atoms with Crippen LogP contribution in [-0.2, 0) is 10.0 Å². The fourth-order valence-corrected chi connectivity index (χ4v) is 4.15. The highest BCUT2D eigenvalue weighted by Gasteiger charge is 2.22. The third kappa shape index (κ3) is 3.36. The number of nitrogens with one attached hydrogen (secondary N) is 2. The molecule has 3 aromatic rings. The van der Waals surface area contributed by atoms with Crippen molar-refractivity contribution in [1.29, 1.82) is 0 Å². The van der Waals surface area contributed by atoms with Gasteiger partial charge in [0, 0.05) is 22.8 Å². The number of hydrogen-bond donors (Lipinski definition) is 3. The van der Waals surface area contributed by atoms with Crippen LogP contribution >= 0.6 is 0 Å². The summed E-state index contributed by atoms with van der Waals surface area (Å²) in [7, 11) is -3.92. The summed E-state index contributed by atoms with van der Waals surface area (Å²) in [4.78, 5) is 14.2. The molecule has 0 saturated carbocycles. The first-order chi connectivity index (χ1) is 11.8. The number of carboxylic acid groups (broad SMARTS) is 1. The van der Waals surface area contributed by atoms with Gasteiger partial charge in [-0.2, -0.15) is 0 Å². The van der Waals surface area contributed by atoms with Crippen LogP contribution in [0.3, 0.4) is 0 Å². The number of anilines is 1. The summed E-state index contributed by atoms with van der Waals surface area (Å²) in [5, 5.41) is 10.0. The first-order valence-electron chi connectivity index (χ1n) is 7.75. The Labute approximate surface area is 145 Å². The average molecular weight is 358 g/mol. The molecule has 0 unspecified atom stereocenters. The number of aromatic nitrogens is 1. The van der Waals surface area contributed by atoms with Crippen molar-refractivity contribution in [2.75, 3.05) is 4.72 Å². The summed E-state index contributed by atoms with van der Waals surface area (Å²) in [5.74, 6) is -1.23. The third-order valence-electron chi connectivity index (χ3n) is 3.98. The van der Waals surface area contributed by atoms with Crippen LogP contribution in [0.15, 0.2) is 53.6 Å². The zero-order valence-corrected chi connectivity index (χ0v) is 14.6. The maximum Gasteiger partial charge on any atom is 0.335 e. The van der Waals surface area contributed by atoms with Gasteiger partial charge in [0.25, 0.3) is 10.0 Å². The van der Waals surface area contributed by atoms with Crippen LogP contribution in [-0.4, -0.2) is 24.5 Å². The molecule has 0 spiro atoms. The van der Waals surface area contributed by atoms with Gasteiger partial charge in [0.1, 0.15) is 0 Å². The van der Waals surface area contributed by atoms with Gasteiger partial charge < -0.3 is 10.1 Å². The minimum Gasteiger partial charge on any atom is -0.478 e. The maximum absolute atomic E-state index is 12.9. The second kappa shape index (κ2) is 6.25. The van der Waals surface area contributed by atoms with E-state index in [1.807, 2.05) is 19.9 Å². The van der Waals surface area contributed by atoms with Crippen molar-refractivity contribution >= 4 is 32.6 Å². The summed E-state index contributed by atoms with van der Waals surface area (Å²) in [6.45, 7) is 3.72. The number of benzene rings is 2. The largest absolute Gasteiger partial charge is 0.478 e. The Morgan fingerprint density at radius 3 is 2.56 bits per heavy atom. The van der Waals surface area contributed by atoms with Crippen LogP contribution in [0.1, 0.15) is 35.7 Å². The molecule has 0 radical (unpaired) electrons. The van der Waals surface area contributed by atoms with Crippen molar-refractivity contribution in [3.63, 3.8) is 0 Å². The first-order valence-corrected chi connectivity index (χ1v) is 9.23. The number of carbonyl (C=O) groups is 1. The Balaban J connectivity index is 2.06. The Bertz CT molecular complexity index is 1050. The predicted molar refractivity (Wildman–Crippen MR) is 96.6 cm³/mol. The summed E-state index contributed by atoms with van der Waals surface area (Å²) in [5.41, 5.74) is 1.83. The number of fused-ring (bicyclic) bond motifs is 1. The highest BCUT2D eigenvalue weighted by Crippen LogP contribution is 2.28. The molecule has 0 bridgehead atoms. The molecule has 0 saturated heterocycles. The molecule has 130 valence electrons. The van der Waals surface area contributed by atoms with Gasteiger partial charge in [0.2, 0.25) is 0 Å². The van der Waals surface area contributed by atoms with E-state index in [2.05, 4.69) is 9.71 Å². The maximum atomic E-state index is 12.9. The van der Waals surface area contributed by atoms with Crippen LogP contribution in [0.2, 0.25) is 0 Å². The van der Waals surface area contributed by atoms with Crippen molar-refractivity contribution in [2.45, 2.75) is 24.7 Å². The van der Waals surface area contributed by atoms with E-state index in [1.165, 1.54) is 12.1 Å². The molecule has 3 N–H and O–H groups in total. The van der Waals surface area contributed by atoms with Crippen LogP contribution in [0.5, 0.6) is 0 Å². The number of aromatic carboxylic acids is 1. The highest BCUT2D eigenvalue weighted by atomic mass is 32.2. The molecule has 25 heavy (non-hydrogen) atoms. The molecule has 7 heteroatoms. The van der Waals surface area contributed by atoms with E-state index in [4.69, 9.17) is 0 Å². The lowest BCUT2D eigenvalue weighted by molar-refractivity contribution is 0.0696. The molecule has 1 aromatic heterocycles. The van der Waals surface area contributed by atoms with E-state index in [-0.39, 0.29) is 16.4 Å². The van der Waals surface area contributed by atoms with Crippen molar-refractivity contribution in [3.05, 3.63) is 59.8 Å². The Kier molecular flexibility index (Phi) is 4.26. The molecule has 1 heterocycles. The summed E-state index contributed by atoms with van der Waals surface area (Å²) >= 11 is 0. The summed E-state index contributed by atoms with van der Waals surface area (Å²) in [6.07, 6.45) is 1.77. The minimum absolute atomic E-state index is 0.0171. The Morgan fingerprint density at radius 2 is 1.88 bits per heavy atom. The van der Waals surface area contributed by atoms with Gasteiger partial charge >= 0.3 is 5.97 Å². The monoisotopic (exact) mass is 358 g/mol. The van der Waals surface area contributed by atoms with Gasteiger partial charge in [0.05, 0.1) is 10.5 Å². The van der Waals surface area contributed by atoms with Gasteiger partial charge in [-0.05, 0) is 47.9 Å². The summed E-state index contributed by atoms with van der Waals surface area (Å²) in [6, 6.07) is 11.2. The van der Waals surface area contributed by atoms with Crippen molar-refractivity contribution in [2.24, 2.45) is 0 Å². The van der Waals surface area contributed by atoms with Crippen molar-refractivity contribution in [3.8, 4) is 0 Å². The third-order valence-corrected chi connectivity index (χ3v) is 5.41. The molecule has 0 amide bonds. The van der Waals surface area contributed by atoms with Crippen LogP contribution in [0, 0.1) is 0 Å². The fraction of sp³-hybridized carbons (Fsp3) is 0.167. The van der Waals surface area contributed by atoms with Crippen LogP contribution in [0.4, 0.5) is 5.69 Å². The predicted octanol–water partition coefficient (Wildman–Crippen LogP) is 3.79.